The van der Waals surface area contributed by atoms with Crippen LogP contribution in [-0.2, 0) is 6.42 Å². The highest BCUT2D eigenvalue weighted by Crippen LogP contribution is 2.30. The Bertz CT molecular complexity index is 1140. The van der Waals surface area contributed by atoms with E-state index in [2.05, 4.69) is 10.1 Å². The van der Waals surface area contributed by atoms with Crippen molar-refractivity contribution in [3.8, 4) is 5.75 Å². The van der Waals surface area contributed by atoms with E-state index in [9.17, 15) is 9.59 Å². The van der Waals surface area contributed by atoms with Gasteiger partial charge in [0.25, 0.3) is 5.91 Å². The van der Waals surface area contributed by atoms with E-state index in [0.717, 1.165) is 11.3 Å². The SMILES string of the molecule is COc1cncc(C(=O)Cc2cnn3c2C(=O)N(c2ccc(C)c(Cl)c2)C[C@@H]3C)c1. The summed E-state index contributed by atoms with van der Waals surface area (Å²) in [5, 5.41) is 4.98. The van der Waals surface area contributed by atoms with Gasteiger partial charge >= 0.3 is 0 Å². The third kappa shape index (κ3) is 3.57. The number of halogens is 1. The molecule has 0 saturated carbocycles. The van der Waals surface area contributed by atoms with Crippen LogP contribution >= 0.6 is 11.6 Å². The van der Waals surface area contributed by atoms with Crippen LogP contribution in [0.1, 0.15) is 44.9 Å². The fourth-order valence-electron chi connectivity index (χ4n) is 3.58. The van der Waals surface area contributed by atoms with Crippen LogP contribution in [0.25, 0.3) is 0 Å². The number of ketones is 1. The predicted octanol–water partition coefficient (Wildman–Crippen LogP) is 3.90. The van der Waals surface area contributed by atoms with Crippen molar-refractivity contribution in [2.24, 2.45) is 0 Å². The van der Waals surface area contributed by atoms with E-state index in [1.54, 1.807) is 27.9 Å². The van der Waals surface area contributed by atoms with Crippen molar-refractivity contribution in [2.45, 2.75) is 26.3 Å². The molecule has 3 aromatic rings. The van der Waals surface area contributed by atoms with E-state index < -0.39 is 0 Å². The Morgan fingerprint density at radius 1 is 1.27 bits per heavy atom. The molecule has 154 valence electrons. The standard InChI is InChI=1S/C22H21ClN4O3/c1-13-4-5-17(8-19(13)23)26-12-14(2)27-21(22(26)29)16(10-25-27)7-20(28)15-6-18(30-3)11-24-9-15/h4-6,8-11,14H,7,12H2,1-3H3/t14-/m0/s1. The van der Waals surface area contributed by atoms with Crippen molar-refractivity contribution >= 4 is 29.0 Å². The summed E-state index contributed by atoms with van der Waals surface area (Å²) in [5.41, 5.74) is 3.11. The van der Waals surface area contributed by atoms with Crippen LogP contribution in [0.5, 0.6) is 5.75 Å². The van der Waals surface area contributed by atoms with Crippen LogP contribution in [0.2, 0.25) is 5.02 Å². The van der Waals surface area contributed by atoms with Gasteiger partial charge in [-0.2, -0.15) is 5.10 Å². The van der Waals surface area contributed by atoms with E-state index in [1.165, 1.54) is 19.5 Å². The van der Waals surface area contributed by atoms with Crippen molar-refractivity contribution in [1.29, 1.82) is 0 Å². The second-order valence-corrected chi connectivity index (χ2v) is 7.78. The number of rotatable bonds is 5. The van der Waals surface area contributed by atoms with E-state index in [-0.39, 0.29) is 24.2 Å². The molecule has 1 amide bonds. The number of ether oxygens (including phenoxy) is 1. The molecule has 0 saturated heterocycles. The van der Waals surface area contributed by atoms with Gasteiger partial charge in [-0.3, -0.25) is 19.3 Å². The van der Waals surface area contributed by atoms with Gasteiger partial charge < -0.3 is 9.64 Å². The fourth-order valence-corrected chi connectivity index (χ4v) is 3.75. The van der Waals surface area contributed by atoms with Crippen molar-refractivity contribution in [3.63, 3.8) is 0 Å². The molecule has 0 N–H and O–H groups in total. The summed E-state index contributed by atoms with van der Waals surface area (Å²) in [6.45, 7) is 4.38. The number of aryl methyl sites for hydroxylation is 1. The zero-order valence-corrected chi connectivity index (χ0v) is 17.7. The number of pyridine rings is 1. The average molecular weight is 425 g/mol. The predicted molar refractivity (Wildman–Crippen MR) is 114 cm³/mol. The van der Waals surface area contributed by atoms with Crippen molar-refractivity contribution < 1.29 is 14.3 Å². The Kier molecular flexibility index (Phi) is 5.30. The van der Waals surface area contributed by atoms with Gasteiger partial charge in [-0.1, -0.05) is 17.7 Å². The van der Waals surface area contributed by atoms with E-state index in [0.29, 0.717) is 34.1 Å². The minimum atomic E-state index is -0.197. The van der Waals surface area contributed by atoms with Gasteiger partial charge in [0, 0.05) is 41.0 Å². The minimum Gasteiger partial charge on any atom is -0.495 e. The quantitative estimate of drug-likeness (QED) is 0.580. The highest BCUT2D eigenvalue weighted by atomic mass is 35.5. The topological polar surface area (TPSA) is 77.3 Å². The van der Waals surface area contributed by atoms with E-state index in [4.69, 9.17) is 16.3 Å². The molecule has 1 aliphatic heterocycles. The molecule has 1 aromatic carbocycles. The Hall–Kier alpha value is -3.19. The number of carbonyl (C=O) groups is 2. The number of hydrogen-bond donors (Lipinski definition) is 0. The lowest BCUT2D eigenvalue weighted by Crippen LogP contribution is -2.43. The highest BCUT2D eigenvalue weighted by molar-refractivity contribution is 6.31. The van der Waals surface area contributed by atoms with Crippen molar-refractivity contribution in [1.82, 2.24) is 14.8 Å². The number of amides is 1. The normalized spacial score (nSPS) is 15.8. The number of Topliss-reactive ketones (excluding diaryl/α,β-unsaturated/α-hetero) is 1. The molecule has 4 rings (SSSR count). The van der Waals surface area contributed by atoms with Gasteiger partial charge in [0.1, 0.15) is 11.4 Å². The first-order chi connectivity index (χ1) is 14.4. The molecular formula is C22H21ClN4O3. The molecule has 0 fully saturated rings. The monoisotopic (exact) mass is 424 g/mol. The molecule has 1 atom stereocenters. The number of benzene rings is 1. The smallest absolute Gasteiger partial charge is 0.276 e. The summed E-state index contributed by atoms with van der Waals surface area (Å²) in [5.74, 6) is 0.148. The molecule has 0 radical (unpaired) electrons. The Labute approximate surface area is 179 Å². The summed E-state index contributed by atoms with van der Waals surface area (Å²) in [7, 11) is 1.52. The first-order valence-corrected chi connectivity index (χ1v) is 9.93. The van der Waals surface area contributed by atoms with Gasteiger partial charge in [-0.15, -0.1) is 0 Å². The van der Waals surface area contributed by atoms with Crippen LogP contribution in [0.3, 0.4) is 0 Å². The number of fused-ring (bicyclic) bond motifs is 1. The summed E-state index contributed by atoms with van der Waals surface area (Å²) < 4.78 is 6.84. The van der Waals surface area contributed by atoms with Gasteiger partial charge in [0.2, 0.25) is 0 Å². The molecule has 0 aliphatic carbocycles. The number of carbonyl (C=O) groups excluding carboxylic acids is 2. The Balaban J connectivity index is 1.66. The molecule has 1 aliphatic rings. The fraction of sp³-hybridized carbons (Fsp3) is 0.273. The molecule has 30 heavy (non-hydrogen) atoms. The number of anilines is 1. The van der Waals surface area contributed by atoms with Crippen LogP contribution in [0.15, 0.2) is 42.9 Å². The lowest BCUT2D eigenvalue weighted by molar-refractivity contribution is 0.0951. The Morgan fingerprint density at radius 2 is 2.07 bits per heavy atom. The molecule has 0 unspecified atom stereocenters. The maximum Gasteiger partial charge on any atom is 0.276 e. The van der Waals surface area contributed by atoms with Crippen LogP contribution in [0, 0.1) is 6.92 Å². The second-order valence-electron chi connectivity index (χ2n) is 7.37. The number of aromatic nitrogens is 3. The Morgan fingerprint density at radius 3 is 2.80 bits per heavy atom. The minimum absolute atomic E-state index is 0.0416. The zero-order valence-electron chi connectivity index (χ0n) is 16.9. The third-order valence-corrected chi connectivity index (χ3v) is 5.68. The van der Waals surface area contributed by atoms with Gasteiger partial charge in [-0.05, 0) is 37.6 Å². The van der Waals surface area contributed by atoms with Crippen molar-refractivity contribution in [3.05, 3.63) is 70.3 Å². The maximum atomic E-state index is 13.3. The van der Waals surface area contributed by atoms with Crippen LogP contribution in [-0.4, -0.2) is 40.1 Å². The molecule has 0 spiro atoms. The molecule has 3 heterocycles. The molecule has 2 aromatic heterocycles. The second kappa shape index (κ2) is 7.91. The van der Waals surface area contributed by atoms with Crippen molar-refractivity contribution in [2.75, 3.05) is 18.6 Å². The lowest BCUT2D eigenvalue weighted by atomic mass is 10.0. The van der Waals surface area contributed by atoms with Gasteiger partial charge in [0.15, 0.2) is 5.78 Å². The van der Waals surface area contributed by atoms with Gasteiger partial charge in [0.05, 0.1) is 25.5 Å². The van der Waals surface area contributed by atoms with Gasteiger partial charge in [-0.25, -0.2) is 0 Å². The molecular weight excluding hydrogens is 404 g/mol. The molecule has 7 nitrogen and oxygen atoms in total. The highest BCUT2D eigenvalue weighted by Gasteiger charge is 2.34. The van der Waals surface area contributed by atoms with Crippen LogP contribution in [0.4, 0.5) is 5.69 Å². The lowest BCUT2D eigenvalue weighted by Gasteiger charge is -2.32. The molecule has 8 heteroatoms. The number of hydrogen-bond acceptors (Lipinski definition) is 5. The van der Waals surface area contributed by atoms with E-state index in [1.807, 2.05) is 26.0 Å². The third-order valence-electron chi connectivity index (χ3n) is 5.27. The summed E-state index contributed by atoms with van der Waals surface area (Å²) in [4.78, 5) is 31.9. The summed E-state index contributed by atoms with van der Waals surface area (Å²) in [6, 6.07) is 7.16. The maximum absolute atomic E-state index is 13.3. The number of methoxy groups -OCH3 is 1. The average Bonchev–Trinajstić information content (AvgIpc) is 3.17. The van der Waals surface area contributed by atoms with E-state index >= 15 is 0 Å². The zero-order chi connectivity index (χ0) is 21.4. The largest absolute Gasteiger partial charge is 0.495 e. The number of nitrogens with zero attached hydrogens (tertiary/aromatic N) is 4. The summed E-state index contributed by atoms with van der Waals surface area (Å²) >= 11 is 6.27. The summed E-state index contributed by atoms with van der Waals surface area (Å²) in [6.07, 6.45) is 4.67. The van der Waals surface area contributed by atoms with Crippen LogP contribution < -0.4 is 9.64 Å². The first kappa shape index (κ1) is 20.1. The first-order valence-electron chi connectivity index (χ1n) is 9.55. The molecule has 0 bridgehead atoms.